The Labute approximate surface area is 218 Å². The number of carbonyl (C=O) groups is 2. The van der Waals surface area contributed by atoms with Crippen LogP contribution in [0.3, 0.4) is 0 Å². The van der Waals surface area contributed by atoms with E-state index in [0.717, 1.165) is 0 Å². The number of hydrogen-bond acceptors (Lipinski definition) is 7. The Morgan fingerprint density at radius 1 is 1.00 bits per heavy atom. The van der Waals surface area contributed by atoms with Gasteiger partial charge in [-0.2, -0.15) is 0 Å². The van der Waals surface area contributed by atoms with Gasteiger partial charge in [0.1, 0.15) is 19.0 Å². The van der Waals surface area contributed by atoms with Crippen LogP contribution in [-0.2, 0) is 9.59 Å². The van der Waals surface area contributed by atoms with Crippen molar-refractivity contribution < 1.29 is 33.6 Å². The van der Waals surface area contributed by atoms with Gasteiger partial charge in [0.05, 0.1) is 25.3 Å². The highest BCUT2D eigenvalue weighted by Gasteiger charge is 2.47. The molecule has 3 aromatic carbocycles. The minimum absolute atomic E-state index is 0.0655. The van der Waals surface area contributed by atoms with E-state index in [1.807, 2.05) is 6.92 Å². The van der Waals surface area contributed by atoms with Crippen molar-refractivity contribution in [1.29, 1.82) is 0 Å². The molecule has 1 saturated heterocycles. The second-order valence-corrected chi connectivity index (χ2v) is 8.78. The van der Waals surface area contributed by atoms with Gasteiger partial charge in [0.15, 0.2) is 23.0 Å². The number of aliphatic hydroxyl groups is 1. The molecule has 9 heteroatoms. The van der Waals surface area contributed by atoms with Crippen LogP contribution < -0.4 is 23.8 Å². The number of Topliss-reactive ketones (excluding diaryl/α,β-unsaturated/α-hetero) is 1. The summed E-state index contributed by atoms with van der Waals surface area (Å²) < 4.78 is 22.4. The van der Waals surface area contributed by atoms with Crippen molar-refractivity contribution in [2.75, 3.05) is 31.8 Å². The van der Waals surface area contributed by atoms with E-state index >= 15 is 0 Å². The van der Waals surface area contributed by atoms with Gasteiger partial charge in [-0.25, -0.2) is 0 Å². The Kier molecular flexibility index (Phi) is 6.67. The topological polar surface area (TPSA) is 94.5 Å². The first-order valence-corrected chi connectivity index (χ1v) is 12.1. The summed E-state index contributed by atoms with van der Waals surface area (Å²) in [5, 5.41) is 11.9. The van der Waals surface area contributed by atoms with Gasteiger partial charge in [0.25, 0.3) is 11.7 Å². The van der Waals surface area contributed by atoms with Crippen molar-refractivity contribution in [1.82, 2.24) is 0 Å². The predicted molar refractivity (Wildman–Crippen MR) is 138 cm³/mol. The standard InChI is InChI=1S/C28H24ClNO7/c1-3-35-22-14-16(4-10-20(22)34-2)25-24(26(31)17-5-11-21-23(15-17)37-13-12-36-21)27(32)28(33)30(25)19-8-6-18(29)7-9-19/h4-11,14-15,25,31H,3,12-13H2,1-2H3/b26-24+. The molecule has 0 saturated carbocycles. The molecule has 1 fully saturated rings. The summed E-state index contributed by atoms with van der Waals surface area (Å²) in [6.07, 6.45) is 0. The molecule has 1 atom stereocenters. The van der Waals surface area contributed by atoms with Gasteiger partial charge < -0.3 is 24.1 Å². The maximum absolute atomic E-state index is 13.4. The van der Waals surface area contributed by atoms with E-state index in [1.165, 1.54) is 12.0 Å². The van der Waals surface area contributed by atoms with Crippen LogP contribution in [0.2, 0.25) is 5.02 Å². The minimum atomic E-state index is -0.945. The van der Waals surface area contributed by atoms with Gasteiger partial charge >= 0.3 is 0 Å². The fourth-order valence-electron chi connectivity index (χ4n) is 4.49. The molecular formula is C28H24ClNO7. The summed E-state index contributed by atoms with van der Waals surface area (Å²) in [6.45, 7) is 3.01. The van der Waals surface area contributed by atoms with Gasteiger partial charge in [0, 0.05) is 16.3 Å². The fourth-order valence-corrected chi connectivity index (χ4v) is 4.62. The van der Waals surface area contributed by atoms with Crippen molar-refractivity contribution in [3.63, 3.8) is 0 Å². The lowest BCUT2D eigenvalue weighted by Gasteiger charge is -2.26. The molecule has 1 amide bonds. The number of fused-ring (bicyclic) bond motifs is 1. The highest BCUT2D eigenvalue weighted by molar-refractivity contribution is 6.51. The number of rotatable bonds is 6. The Morgan fingerprint density at radius 2 is 1.73 bits per heavy atom. The zero-order valence-electron chi connectivity index (χ0n) is 20.2. The van der Waals surface area contributed by atoms with Crippen molar-refractivity contribution >= 4 is 34.7 Å². The molecule has 1 unspecified atom stereocenters. The average Bonchev–Trinajstić information content (AvgIpc) is 3.18. The number of carbonyl (C=O) groups excluding carboxylic acids is 2. The molecular weight excluding hydrogens is 498 g/mol. The van der Waals surface area contributed by atoms with Crippen molar-refractivity contribution in [3.8, 4) is 23.0 Å². The molecule has 2 aliphatic heterocycles. The van der Waals surface area contributed by atoms with Crippen LogP contribution in [0.1, 0.15) is 24.1 Å². The molecule has 0 aliphatic carbocycles. The number of nitrogens with zero attached hydrogens (tertiary/aromatic N) is 1. The molecule has 37 heavy (non-hydrogen) atoms. The summed E-state index contributed by atoms with van der Waals surface area (Å²) in [7, 11) is 1.53. The van der Waals surface area contributed by atoms with Crippen molar-refractivity contribution in [2.45, 2.75) is 13.0 Å². The van der Waals surface area contributed by atoms with Crippen LogP contribution in [0.25, 0.3) is 5.76 Å². The first kappa shape index (κ1) is 24.5. The summed E-state index contributed by atoms with van der Waals surface area (Å²) in [5.74, 6) is 0.00983. The number of amides is 1. The Hall–Kier alpha value is -4.17. The highest BCUT2D eigenvalue weighted by atomic mass is 35.5. The third-order valence-corrected chi connectivity index (χ3v) is 6.42. The molecule has 0 radical (unpaired) electrons. The number of hydrogen-bond donors (Lipinski definition) is 1. The van der Waals surface area contributed by atoms with E-state index in [-0.39, 0.29) is 11.3 Å². The van der Waals surface area contributed by atoms with Crippen molar-refractivity contribution in [2.24, 2.45) is 0 Å². The van der Waals surface area contributed by atoms with E-state index in [0.29, 0.717) is 64.7 Å². The summed E-state index contributed by atoms with van der Waals surface area (Å²) >= 11 is 6.07. The van der Waals surface area contributed by atoms with Gasteiger partial charge in [-0.05, 0) is 67.1 Å². The Bertz CT molecular complexity index is 1400. The van der Waals surface area contributed by atoms with Gasteiger partial charge in [-0.3, -0.25) is 14.5 Å². The lowest BCUT2D eigenvalue weighted by molar-refractivity contribution is -0.132. The largest absolute Gasteiger partial charge is 0.507 e. The Morgan fingerprint density at radius 3 is 2.43 bits per heavy atom. The van der Waals surface area contributed by atoms with Crippen LogP contribution in [0.5, 0.6) is 23.0 Å². The number of halogens is 1. The molecule has 8 nitrogen and oxygen atoms in total. The minimum Gasteiger partial charge on any atom is -0.507 e. The van der Waals surface area contributed by atoms with E-state index in [2.05, 4.69) is 0 Å². The maximum atomic E-state index is 13.4. The summed E-state index contributed by atoms with van der Waals surface area (Å²) in [4.78, 5) is 28.2. The van der Waals surface area contributed by atoms with Crippen LogP contribution in [0.4, 0.5) is 5.69 Å². The second-order valence-electron chi connectivity index (χ2n) is 8.35. The Balaban J connectivity index is 1.70. The predicted octanol–water partition coefficient (Wildman–Crippen LogP) is 5.14. The fraction of sp³-hybridized carbons (Fsp3) is 0.214. The molecule has 1 N–H and O–H groups in total. The van der Waals surface area contributed by atoms with E-state index in [1.54, 1.807) is 60.7 Å². The average molecular weight is 522 g/mol. The molecule has 190 valence electrons. The zero-order chi connectivity index (χ0) is 26.1. The lowest BCUT2D eigenvalue weighted by Crippen LogP contribution is -2.29. The van der Waals surface area contributed by atoms with Gasteiger partial charge in [-0.15, -0.1) is 0 Å². The SMILES string of the molecule is CCOc1cc(C2/C(=C(\O)c3ccc4c(c3)OCCO4)C(=O)C(=O)N2c2ccc(Cl)cc2)ccc1OC. The van der Waals surface area contributed by atoms with Gasteiger partial charge in [0.2, 0.25) is 0 Å². The van der Waals surface area contributed by atoms with Crippen molar-refractivity contribution in [3.05, 3.63) is 82.4 Å². The third kappa shape index (κ3) is 4.44. The summed E-state index contributed by atoms with van der Waals surface area (Å²) in [5.41, 5.74) is 1.26. The molecule has 0 bridgehead atoms. The molecule has 0 spiro atoms. The monoisotopic (exact) mass is 521 g/mol. The summed E-state index contributed by atoms with van der Waals surface area (Å²) in [6, 6.07) is 15.6. The number of anilines is 1. The number of methoxy groups -OCH3 is 1. The third-order valence-electron chi connectivity index (χ3n) is 6.17. The van der Waals surface area contributed by atoms with E-state index in [4.69, 9.17) is 30.5 Å². The highest BCUT2D eigenvalue weighted by Crippen LogP contribution is 2.45. The zero-order valence-corrected chi connectivity index (χ0v) is 20.9. The van der Waals surface area contributed by atoms with Crippen LogP contribution >= 0.6 is 11.6 Å². The van der Waals surface area contributed by atoms with E-state index < -0.39 is 17.7 Å². The van der Waals surface area contributed by atoms with Crippen LogP contribution in [0.15, 0.2) is 66.2 Å². The van der Waals surface area contributed by atoms with E-state index in [9.17, 15) is 14.7 Å². The lowest BCUT2D eigenvalue weighted by atomic mass is 9.94. The quantitative estimate of drug-likeness (QED) is 0.272. The van der Waals surface area contributed by atoms with Crippen LogP contribution in [0, 0.1) is 0 Å². The molecule has 2 heterocycles. The molecule has 3 aromatic rings. The maximum Gasteiger partial charge on any atom is 0.300 e. The number of benzene rings is 3. The normalized spacial score (nSPS) is 18.1. The molecule has 5 rings (SSSR count). The van der Waals surface area contributed by atoms with Gasteiger partial charge in [-0.1, -0.05) is 17.7 Å². The second kappa shape index (κ2) is 10.1. The smallest absolute Gasteiger partial charge is 0.300 e. The molecule has 0 aromatic heterocycles. The first-order chi connectivity index (χ1) is 17.9. The number of ketones is 1. The first-order valence-electron chi connectivity index (χ1n) is 11.7. The molecule has 2 aliphatic rings. The number of aliphatic hydroxyl groups excluding tert-OH is 1. The number of ether oxygens (including phenoxy) is 4. The van der Waals surface area contributed by atoms with Crippen LogP contribution in [-0.4, -0.2) is 43.7 Å².